The number of nitrogens with zero attached hydrogens (tertiary/aromatic N) is 1. The highest BCUT2D eigenvalue weighted by molar-refractivity contribution is 5.78. The number of ether oxygens (including phenoxy) is 2. The Morgan fingerprint density at radius 1 is 1.53 bits per heavy atom. The predicted molar refractivity (Wildman–Crippen MR) is 63.2 cm³/mol. The molecule has 0 saturated carbocycles. The van der Waals surface area contributed by atoms with Gasteiger partial charge in [0.25, 0.3) is 0 Å². The molecule has 2 heterocycles. The number of fused-ring (bicyclic) bond motifs is 1. The molecule has 0 aliphatic carbocycles. The van der Waals surface area contributed by atoms with E-state index in [2.05, 4.69) is 19.2 Å². The van der Waals surface area contributed by atoms with Crippen LogP contribution in [0.5, 0.6) is 0 Å². The van der Waals surface area contributed by atoms with Gasteiger partial charge < -0.3 is 14.4 Å². The molecule has 2 aliphatic rings. The van der Waals surface area contributed by atoms with E-state index < -0.39 is 0 Å². The predicted octanol–water partition coefficient (Wildman–Crippen LogP) is 0.552. The number of piperidine rings is 1. The minimum Gasteiger partial charge on any atom is -0.359 e. The van der Waals surface area contributed by atoms with E-state index in [9.17, 15) is 4.79 Å². The second-order valence-corrected chi connectivity index (χ2v) is 5.16. The van der Waals surface area contributed by atoms with E-state index in [0.29, 0.717) is 18.4 Å². The molecular weight excluding hydrogens is 220 g/mol. The molecule has 1 amide bonds. The molecule has 17 heavy (non-hydrogen) atoms. The molecule has 0 radical (unpaired) electrons. The molecule has 3 atom stereocenters. The fourth-order valence-electron chi connectivity index (χ4n) is 2.55. The second kappa shape index (κ2) is 5.33. The van der Waals surface area contributed by atoms with Gasteiger partial charge in [0.1, 0.15) is 13.0 Å². The Morgan fingerprint density at radius 2 is 2.29 bits per heavy atom. The van der Waals surface area contributed by atoms with Crippen molar-refractivity contribution in [1.29, 1.82) is 0 Å². The van der Waals surface area contributed by atoms with E-state index in [1.165, 1.54) is 0 Å². The topological polar surface area (TPSA) is 50.8 Å². The minimum atomic E-state index is 0.0267. The highest BCUT2D eigenvalue weighted by Gasteiger charge is 2.43. The zero-order chi connectivity index (χ0) is 12.4. The van der Waals surface area contributed by atoms with Gasteiger partial charge in [-0.2, -0.15) is 0 Å². The van der Waals surface area contributed by atoms with Gasteiger partial charge in [-0.05, 0) is 12.3 Å². The van der Waals surface area contributed by atoms with Gasteiger partial charge in [0.05, 0.1) is 6.10 Å². The van der Waals surface area contributed by atoms with Crippen molar-refractivity contribution in [2.75, 3.05) is 20.4 Å². The first-order valence-electron chi connectivity index (χ1n) is 6.29. The molecular formula is C12H22N2O3. The van der Waals surface area contributed by atoms with Crippen molar-refractivity contribution < 1.29 is 14.3 Å². The smallest absolute Gasteiger partial charge is 0.224 e. The summed E-state index contributed by atoms with van der Waals surface area (Å²) in [6, 6.07) is 0.371. The first-order valence-corrected chi connectivity index (χ1v) is 6.29. The van der Waals surface area contributed by atoms with Crippen LogP contribution in [0.4, 0.5) is 0 Å². The average molecular weight is 242 g/mol. The summed E-state index contributed by atoms with van der Waals surface area (Å²) >= 11 is 0. The zero-order valence-corrected chi connectivity index (χ0v) is 10.8. The molecule has 1 N–H and O–H groups in total. The van der Waals surface area contributed by atoms with Crippen molar-refractivity contribution in [3.8, 4) is 0 Å². The van der Waals surface area contributed by atoms with Crippen molar-refractivity contribution in [2.24, 2.45) is 5.92 Å². The first-order chi connectivity index (χ1) is 8.13. The Morgan fingerprint density at radius 3 is 2.94 bits per heavy atom. The van der Waals surface area contributed by atoms with E-state index in [-0.39, 0.29) is 25.0 Å². The van der Waals surface area contributed by atoms with Crippen molar-refractivity contribution >= 4 is 5.91 Å². The highest BCUT2D eigenvalue weighted by atomic mass is 16.7. The fourth-order valence-corrected chi connectivity index (χ4v) is 2.55. The van der Waals surface area contributed by atoms with Gasteiger partial charge >= 0.3 is 0 Å². The monoisotopic (exact) mass is 242 g/mol. The number of hydrogen-bond acceptors (Lipinski definition) is 4. The third kappa shape index (κ3) is 2.61. The molecule has 0 unspecified atom stereocenters. The normalized spacial score (nSPS) is 33.3. The van der Waals surface area contributed by atoms with Crippen LogP contribution in [0, 0.1) is 5.92 Å². The van der Waals surface area contributed by atoms with Gasteiger partial charge in [-0.1, -0.05) is 13.8 Å². The molecule has 2 fully saturated rings. The van der Waals surface area contributed by atoms with Crippen LogP contribution in [0.3, 0.4) is 0 Å². The number of carbonyl (C=O) groups excluding carboxylic acids is 1. The summed E-state index contributed by atoms with van der Waals surface area (Å²) < 4.78 is 10.6. The first kappa shape index (κ1) is 12.8. The van der Waals surface area contributed by atoms with Gasteiger partial charge in [-0.3, -0.25) is 10.1 Å². The lowest BCUT2D eigenvalue weighted by molar-refractivity contribution is -0.150. The molecule has 0 aromatic heterocycles. The summed E-state index contributed by atoms with van der Waals surface area (Å²) in [5.41, 5.74) is 0. The van der Waals surface area contributed by atoms with Crippen molar-refractivity contribution in [3.63, 3.8) is 0 Å². The summed E-state index contributed by atoms with van der Waals surface area (Å²) in [6.07, 6.45) is 1.44. The second-order valence-electron chi connectivity index (χ2n) is 5.16. The maximum absolute atomic E-state index is 11.9. The standard InChI is InChI=1S/C12H22N2O3/c1-8(2)9-6-14-11(15)5-4-10(12(14)13-9)17-7-16-3/h8-10,12-13H,4-7H2,1-3H3/t9-,10-,12-/m0/s1. The highest BCUT2D eigenvalue weighted by Crippen LogP contribution is 2.26. The number of hydrogen-bond donors (Lipinski definition) is 1. The summed E-state index contributed by atoms with van der Waals surface area (Å²) in [5, 5.41) is 3.51. The van der Waals surface area contributed by atoms with Crippen molar-refractivity contribution in [1.82, 2.24) is 10.2 Å². The average Bonchev–Trinajstić information content (AvgIpc) is 2.74. The number of nitrogens with one attached hydrogen (secondary N) is 1. The molecule has 5 heteroatoms. The number of carbonyl (C=O) groups is 1. The number of amides is 1. The van der Waals surface area contributed by atoms with E-state index in [0.717, 1.165) is 13.0 Å². The zero-order valence-electron chi connectivity index (χ0n) is 10.8. The van der Waals surface area contributed by atoms with Crippen LogP contribution in [0.25, 0.3) is 0 Å². The molecule has 0 spiro atoms. The third-order valence-electron chi connectivity index (χ3n) is 3.63. The van der Waals surface area contributed by atoms with E-state index >= 15 is 0 Å². The lowest BCUT2D eigenvalue weighted by Gasteiger charge is -2.35. The third-order valence-corrected chi connectivity index (χ3v) is 3.63. The maximum Gasteiger partial charge on any atom is 0.224 e. The van der Waals surface area contributed by atoms with Gasteiger partial charge in [0.2, 0.25) is 5.91 Å². The molecule has 2 rings (SSSR count). The Hall–Kier alpha value is -0.650. The summed E-state index contributed by atoms with van der Waals surface area (Å²) in [4.78, 5) is 13.8. The Balaban J connectivity index is 2.01. The lowest BCUT2D eigenvalue weighted by atomic mass is 10.1. The quantitative estimate of drug-likeness (QED) is 0.732. The van der Waals surface area contributed by atoms with Gasteiger partial charge in [0.15, 0.2) is 0 Å². The lowest BCUT2D eigenvalue weighted by Crippen LogP contribution is -2.53. The SMILES string of the molecule is COCO[C@H]1CCC(=O)N2C[C@@H](C(C)C)N[C@H]12. The fraction of sp³-hybridized carbons (Fsp3) is 0.917. The van der Waals surface area contributed by atoms with Crippen LogP contribution >= 0.6 is 0 Å². The molecule has 0 aromatic carbocycles. The molecule has 5 nitrogen and oxygen atoms in total. The van der Waals surface area contributed by atoms with Crippen LogP contribution in [-0.4, -0.2) is 49.6 Å². The summed E-state index contributed by atoms with van der Waals surface area (Å²) in [5.74, 6) is 0.763. The van der Waals surface area contributed by atoms with Gasteiger partial charge in [-0.15, -0.1) is 0 Å². The van der Waals surface area contributed by atoms with Crippen LogP contribution in [0.1, 0.15) is 26.7 Å². The molecule has 2 aliphatic heterocycles. The molecule has 0 bridgehead atoms. The Kier molecular flexibility index (Phi) is 4.01. The van der Waals surface area contributed by atoms with Crippen molar-refractivity contribution in [3.05, 3.63) is 0 Å². The van der Waals surface area contributed by atoms with Crippen LogP contribution in [0.15, 0.2) is 0 Å². The largest absolute Gasteiger partial charge is 0.359 e. The summed E-state index contributed by atoms with van der Waals surface area (Å²) in [6.45, 7) is 5.43. The van der Waals surface area contributed by atoms with E-state index in [4.69, 9.17) is 9.47 Å². The van der Waals surface area contributed by atoms with E-state index in [1.807, 2.05) is 4.90 Å². The Labute approximate surface area is 102 Å². The Bertz CT molecular complexity index is 283. The van der Waals surface area contributed by atoms with Gasteiger partial charge in [-0.25, -0.2) is 0 Å². The number of rotatable bonds is 4. The van der Waals surface area contributed by atoms with Crippen LogP contribution < -0.4 is 5.32 Å². The molecule has 98 valence electrons. The van der Waals surface area contributed by atoms with Crippen LogP contribution in [-0.2, 0) is 14.3 Å². The van der Waals surface area contributed by atoms with Gasteiger partial charge in [0, 0.05) is 26.1 Å². The minimum absolute atomic E-state index is 0.0267. The maximum atomic E-state index is 11.9. The van der Waals surface area contributed by atoms with Crippen molar-refractivity contribution in [2.45, 2.75) is 45.0 Å². The molecule has 2 saturated heterocycles. The van der Waals surface area contributed by atoms with E-state index in [1.54, 1.807) is 7.11 Å². The van der Waals surface area contributed by atoms with Crippen LogP contribution in [0.2, 0.25) is 0 Å². The molecule has 0 aromatic rings. The number of methoxy groups -OCH3 is 1. The summed E-state index contributed by atoms with van der Waals surface area (Å²) in [7, 11) is 1.62.